The van der Waals surface area contributed by atoms with Crippen molar-refractivity contribution < 1.29 is 13.7 Å². The van der Waals surface area contributed by atoms with Gasteiger partial charge in [-0.1, -0.05) is 41.6 Å². The van der Waals surface area contributed by atoms with Crippen LogP contribution in [0.15, 0.2) is 83.0 Å². The Morgan fingerprint density at radius 2 is 1.77 bits per heavy atom. The third kappa shape index (κ3) is 4.28. The molecule has 1 aliphatic rings. The molecule has 0 radical (unpaired) electrons. The van der Waals surface area contributed by atoms with Gasteiger partial charge in [0.05, 0.1) is 24.4 Å². The molecule has 5 rings (SSSR count). The fourth-order valence-corrected chi connectivity index (χ4v) is 4.50. The van der Waals surface area contributed by atoms with Gasteiger partial charge < -0.3 is 14.6 Å². The van der Waals surface area contributed by atoms with Crippen LogP contribution < -0.4 is 15.0 Å². The second kappa shape index (κ2) is 9.31. The Morgan fingerprint density at radius 1 is 1.03 bits per heavy atom. The average Bonchev–Trinajstić information content (AvgIpc) is 3.36. The molecule has 2 heterocycles. The number of nitrogens with one attached hydrogen (secondary N) is 1. The van der Waals surface area contributed by atoms with Gasteiger partial charge in [0, 0.05) is 11.3 Å². The Labute approximate surface area is 208 Å². The van der Waals surface area contributed by atoms with E-state index in [0.717, 1.165) is 28.1 Å². The van der Waals surface area contributed by atoms with Gasteiger partial charge in [-0.15, -0.1) is 0 Å². The lowest BCUT2D eigenvalue weighted by Gasteiger charge is -2.37. The Bertz CT molecular complexity index is 1420. The summed E-state index contributed by atoms with van der Waals surface area (Å²) in [6, 6.07) is 22.1. The molecule has 35 heavy (non-hydrogen) atoms. The van der Waals surface area contributed by atoms with Crippen molar-refractivity contribution >= 4 is 28.6 Å². The third-order valence-corrected chi connectivity index (χ3v) is 6.34. The van der Waals surface area contributed by atoms with Gasteiger partial charge in [-0.3, -0.25) is 4.90 Å². The minimum Gasteiger partial charge on any atom is -0.497 e. The summed E-state index contributed by atoms with van der Waals surface area (Å²) in [6.07, 6.45) is 0. The molecule has 1 aliphatic heterocycles. The van der Waals surface area contributed by atoms with Gasteiger partial charge in [-0.2, -0.15) is 4.98 Å². The maximum atomic E-state index is 14.4. The number of anilines is 1. The summed E-state index contributed by atoms with van der Waals surface area (Å²) in [4.78, 5) is 6.51. The Morgan fingerprint density at radius 3 is 2.46 bits per heavy atom. The average molecular weight is 487 g/mol. The molecule has 1 aromatic heterocycles. The van der Waals surface area contributed by atoms with Crippen LogP contribution in [0.1, 0.15) is 30.0 Å². The van der Waals surface area contributed by atoms with Crippen LogP contribution in [-0.2, 0) is 0 Å². The number of benzene rings is 3. The number of aryl methyl sites for hydroxylation is 1. The van der Waals surface area contributed by atoms with Crippen molar-refractivity contribution in [2.75, 3.05) is 12.0 Å². The number of rotatable bonds is 5. The van der Waals surface area contributed by atoms with E-state index in [0.29, 0.717) is 28.1 Å². The highest BCUT2D eigenvalue weighted by Gasteiger charge is 2.34. The zero-order valence-corrected chi connectivity index (χ0v) is 20.3. The summed E-state index contributed by atoms with van der Waals surface area (Å²) < 4.78 is 25.4. The number of allylic oxidation sites excluding steroid dienone is 1. The number of hydrogen-bond acceptors (Lipinski definition) is 5. The van der Waals surface area contributed by atoms with Gasteiger partial charge in [0.15, 0.2) is 5.11 Å². The minimum absolute atomic E-state index is 0.301. The maximum absolute atomic E-state index is 14.4. The predicted octanol–water partition coefficient (Wildman–Crippen LogP) is 6.06. The molecule has 0 fully saturated rings. The highest BCUT2D eigenvalue weighted by atomic mass is 32.1. The van der Waals surface area contributed by atoms with Crippen LogP contribution in [-0.4, -0.2) is 22.4 Å². The van der Waals surface area contributed by atoms with Gasteiger partial charge >= 0.3 is 0 Å². The van der Waals surface area contributed by atoms with Gasteiger partial charge in [0.25, 0.3) is 5.89 Å². The normalized spacial score (nSPS) is 15.8. The van der Waals surface area contributed by atoms with E-state index in [4.69, 9.17) is 26.5 Å². The van der Waals surface area contributed by atoms with E-state index in [9.17, 15) is 4.39 Å². The first kappa shape index (κ1) is 22.7. The summed E-state index contributed by atoms with van der Waals surface area (Å²) in [7, 11) is 1.62. The molecule has 6 nitrogen and oxygen atoms in total. The van der Waals surface area contributed by atoms with E-state index < -0.39 is 0 Å². The van der Waals surface area contributed by atoms with Crippen LogP contribution in [0.25, 0.3) is 17.0 Å². The minimum atomic E-state index is -0.320. The largest absolute Gasteiger partial charge is 0.497 e. The van der Waals surface area contributed by atoms with Crippen LogP contribution in [0.5, 0.6) is 5.75 Å². The van der Waals surface area contributed by atoms with Gasteiger partial charge in [-0.05, 0) is 73.6 Å². The molecule has 176 valence electrons. The smallest absolute Gasteiger partial charge is 0.258 e. The molecule has 0 saturated heterocycles. The van der Waals surface area contributed by atoms with Gasteiger partial charge in [0.1, 0.15) is 11.6 Å². The van der Waals surface area contributed by atoms with Crippen molar-refractivity contribution in [3.63, 3.8) is 0 Å². The molecule has 1 unspecified atom stereocenters. The van der Waals surface area contributed by atoms with Crippen molar-refractivity contribution in [2.24, 2.45) is 0 Å². The highest BCUT2D eigenvalue weighted by Crippen LogP contribution is 2.39. The van der Waals surface area contributed by atoms with E-state index in [1.54, 1.807) is 25.0 Å². The SMILES string of the molecule is COc1ccc(-c2noc(C3=C(C)N(c4ccc(C)c(F)c4)C(=S)NC3c3ccccc3)n2)cc1. The summed E-state index contributed by atoms with van der Waals surface area (Å²) in [5.74, 6) is 1.25. The Kier molecular flexibility index (Phi) is 6.05. The Balaban J connectivity index is 1.63. The predicted molar refractivity (Wildman–Crippen MR) is 137 cm³/mol. The zero-order chi connectivity index (χ0) is 24.5. The summed E-state index contributed by atoms with van der Waals surface area (Å²) >= 11 is 5.73. The monoisotopic (exact) mass is 486 g/mol. The number of nitrogens with zero attached hydrogens (tertiary/aromatic N) is 3. The summed E-state index contributed by atoms with van der Waals surface area (Å²) in [5.41, 5.74) is 4.50. The lowest BCUT2D eigenvalue weighted by Crippen LogP contribution is -2.46. The molecule has 0 saturated carbocycles. The molecular weight excluding hydrogens is 463 g/mol. The van der Waals surface area contributed by atoms with Crippen LogP contribution in [0.3, 0.4) is 0 Å². The molecule has 0 amide bonds. The molecule has 8 heteroatoms. The first-order valence-electron chi connectivity index (χ1n) is 11.1. The van der Waals surface area contributed by atoms with E-state index in [-0.39, 0.29) is 11.9 Å². The van der Waals surface area contributed by atoms with Gasteiger partial charge in [0.2, 0.25) is 5.82 Å². The van der Waals surface area contributed by atoms with Crippen molar-refractivity contribution in [3.05, 3.63) is 101 Å². The number of ether oxygens (including phenoxy) is 1. The molecule has 0 aliphatic carbocycles. The van der Waals surface area contributed by atoms with E-state index >= 15 is 0 Å². The van der Waals surface area contributed by atoms with Crippen LogP contribution in [0, 0.1) is 12.7 Å². The number of methoxy groups -OCH3 is 1. The molecular formula is C27H23FN4O2S. The first-order chi connectivity index (χ1) is 17.0. The number of hydrogen-bond donors (Lipinski definition) is 1. The lowest BCUT2D eigenvalue weighted by atomic mass is 9.94. The first-order valence-corrected chi connectivity index (χ1v) is 11.5. The van der Waals surface area contributed by atoms with E-state index in [1.807, 2.05) is 67.6 Å². The molecule has 1 atom stereocenters. The van der Waals surface area contributed by atoms with Crippen molar-refractivity contribution in [3.8, 4) is 17.1 Å². The second-order valence-electron chi connectivity index (χ2n) is 8.21. The molecule has 1 N–H and O–H groups in total. The van der Waals surface area contributed by atoms with E-state index in [1.165, 1.54) is 6.07 Å². The standard InChI is InChI=1S/C27H23FN4O2S/c1-16-9-12-20(15-22(16)28)32-17(2)23(24(29-27(32)35)18-7-5-4-6-8-18)26-30-25(31-34-26)19-10-13-21(33-3)14-11-19/h4-15,24H,1-3H3,(H,29,35). The van der Waals surface area contributed by atoms with Crippen LogP contribution >= 0.6 is 12.2 Å². The third-order valence-electron chi connectivity index (χ3n) is 6.04. The lowest BCUT2D eigenvalue weighted by molar-refractivity contribution is 0.404. The van der Waals surface area contributed by atoms with Crippen LogP contribution in [0.2, 0.25) is 0 Å². The van der Waals surface area contributed by atoms with Gasteiger partial charge in [-0.25, -0.2) is 4.39 Å². The van der Waals surface area contributed by atoms with Crippen molar-refractivity contribution in [1.82, 2.24) is 15.5 Å². The van der Waals surface area contributed by atoms with Crippen LogP contribution in [0.4, 0.5) is 10.1 Å². The van der Waals surface area contributed by atoms with E-state index in [2.05, 4.69) is 10.5 Å². The highest BCUT2D eigenvalue weighted by molar-refractivity contribution is 7.80. The second-order valence-corrected chi connectivity index (χ2v) is 8.60. The fourth-order valence-electron chi connectivity index (χ4n) is 4.14. The van der Waals surface area contributed by atoms with Crippen molar-refractivity contribution in [2.45, 2.75) is 19.9 Å². The number of halogens is 1. The molecule has 4 aromatic rings. The molecule has 0 spiro atoms. The quantitative estimate of drug-likeness (QED) is 0.344. The topological polar surface area (TPSA) is 63.4 Å². The number of aromatic nitrogens is 2. The fraction of sp³-hybridized carbons (Fsp3) is 0.148. The van der Waals surface area contributed by atoms with Crippen molar-refractivity contribution in [1.29, 1.82) is 0 Å². The summed E-state index contributed by atoms with van der Waals surface area (Å²) in [6.45, 7) is 3.65. The molecule has 3 aromatic carbocycles. The Hall–Kier alpha value is -4.04. The number of thiocarbonyl (C=S) groups is 1. The zero-order valence-electron chi connectivity index (χ0n) is 19.4. The molecule has 0 bridgehead atoms. The summed E-state index contributed by atoms with van der Waals surface area (Å²) in [5, 5.41) is 8.07. The maximum Gasteiger partial charge on any atom is 0.258 e.